The first-order valence-electron chi connectivity index (χ1n) is 5.07. The van der Waals surface area contributed by atoms with Crippen LogP contribution in [0.3, 0.4) is 0 Å². The molecule has 2 rings (SSSR count). The lowest BCUT2D eigenvalue weighted by Gasteiger charge is -2.12. The van der Waals surface area contributed by atoms with Gasteiger partial charge in [0.05, 0.1) is 0 Å². The van der Waals surface area contributed by atoms with Crippen molar-refractivity contribution in [2.45, 2.75) is 18.9 Å². The number of hydrogen-bond acceptors (Lipinski definition) is 2. The fraction of sp³-hybridized carbons (Fsp3) is 0.455. The monoisotopic (exact) mass is 210 g/mol. The second-order valence-electron chi connectivity index (χ2n) is 3.68. The molecule has 0 spiro atoms. The van der Waals surface area contributed by atoms with E-state index in [1.54, 1.807) is 0 Å². The zero-order valence-corrected chi connectivity index (χ0v) is 8.85. The van der Waals surface area contributed by atoms with E-state index in [-0.39, 0.29) is 0 Å². The van der Waals surface area contributed by atoms with Crippen molar-refractivity contribution in [1.29, 1.82) is 0 Å². The standard InChI is InChI=1S/C11H15ClN2/c12-9-3-5-10(6-4-9)14-8-11-2-1-7-13-11/h3-6,11,13-14H,1-2,7-8H2/t11-/m0/s1. The van der Waals surface area contributed by atoms with Gasteiger partial charge in [-0.1, -0.05) is 11.6 Å². The topological polar surface area (TPSA) is 24.1 Å². The van der Waals surface area contributed by atoms with Gasteiger partial charge in [-0.05, 0) is 43.7 Å². The Labute approximate surface area is 89.7 Å². The molecule has 1 aliphatic rings. The van der Waals surface area contributed by atoms with Crippen molar-refractivity contribution in [3.63, 3.8) is 0 Å². The van der Waals surface area contributed by atoms with E-state index in [1.165, 1.54) is 12.8 Å². The van der Waals surface area contributed by atoms with E-state index in [0.717, 1.165) is 23.8 Å². The second kappa shape index (κ2) is 4.67. The molecule has 1 aromatic carbocycles. The Morgan fingerprint density at radius 1 is 1.36 bits per heavy atom. The van der Waals surface area contributed by atoms with Crippen molar-refractivity contribution in [3.8, 4) is 0 Å². The summed E-state index contributed by atoms with van der Waals surface area (Å²) in [5, 5.41) is 7.63. The van der Waals surface area contributed by atoms with Gasteiger partial charge in [0, 0.05) is 23.3 Å². The van der Waals surface area contributed by atoms with Crippen LogP contribution in [0, 0.1) is 0 Å². The summed E-state index contributed by atoms with van der Waals surface area (Å²) < 4.78 is 0. The smallest absolute Gasteiger partial charge is 0.0407 e. The Kier molecular flexibility index (Phi) is 3.27. The van der Waals surface area contributed by atoms with E-state index < -0.39 is 0 Å². The molecule has 0 amide bonds. The summed E-state index contributed by atoms with van der Waals surface area (Å²) in [7, 11) is 0. The maximum absolute atomic E-state index is 5.80. The Balaban J connectivity index is 1.82. The fourth-order valence-electron chi connectivity index (χ4n) is 1.74. The molecule has 0 unspecified atom stereocenters. The van der Waals surface area contributed by atoms with Gasteiger partial charge in [-0.15, -0.1) is 0 Å². The van der Waals surface area contributed by atoms with E-state index in [0.29, 0.717) is 6.04 Å². The third-order valence-corrected chi connectivity index (χ3v) is 2.81. The molecular formula is C11H15ClN2. The van der Waals surface area contributed by atoms with Crippen LogP contribution in [0.1, 0.15) is 12.8 Å². The van der Waals surface area contributed by atoms with Gasteiger partial charge in [0.15, 0.2) is 0 Å². The molecule has 0 aliphatic carbocycles. The zero-order valence-electron chi connectivity index (χ0n) is 8.09. The van der Waals surface area contributed by atoms with Crippen LogP contribution in [0.4, 0.5) is 5.69 Å². The highest BCUT2D eigenvalue weighted by Crippen LogP contribution is 2.14. The molecule has 0 bridgehead atoms. The molecule has 1 fully saturated rings. The Hall–Kier alpha value is -0.730. The minimum Gasteiger partial charge on any atom is -0.383 e. The molecule has 2 nitrogen and oxygen atoms in total. The zero-order chi connectivity index (χ0) is 9.80. The van der Waals surface area contributed by atoms with Crippen molar-refractivity contribution in [3.05, 3.63) is 29.3 Å². The first-order valence-corrected chi connectivity index (χ1v) is 5.45. The van der Waals surface area contributed by atoms with E-state index >= 15 is 0 Å². The molecule has 14 heavy (non-hydrogen) atoms. The maximum atomic E-state index is 5.80. The third kappa shape index (κ3) is 2.63. The van der Waals surface area contributed by atoms with Crippen molar-refractivity contribution in [1.82, 2.24) is 5.32 Å². The number of nitrogens with one attached hydrogen (secondary N) is 2. The molecule has 1 atom stereocenters. The summed E-state index contributed by atoms with van der Waals surface area (Å²) in [5.41, 5.74) is 1.14. The summed E-state index contributed by atoms with van der Waals surface area (Å²) in [4.78, 5) is 0. The fourth-order valence-corrected chi connectivity index (χ4v) is 1.87. The quantitative estimate of drug-likeness (QED) is 0.801. The van der Waals surface area contributed by atoms with Gasteiger partial charge in [-0.25, -0.2) is 0 Å². The van der Waals surface area contributed by atoms with Gasteiger partial charge in [-0.3, -0.25) is 0 Å². The predicted molar refractivity (Wildman–Crippen MR) is 61.0 cm³/mol. The Morgan fingerprint density at radius 3 is 2.79 bits per heavy atom. The highest BCUT2D eigenvalue weighted by Gasteiger charge is 2.12. The molecular weight excluding hydrogens is 196 g/mol. The van der Waals surface area contributed by atoms with Crippen LogP contribution >= 0.6 is 11.6 Å². The van der Waals surface area contributed by atoms with Crippen LogP contribution in [0.15, 0.2) is 24.3 Å². The van der Waals surface area contributed by atoms with E-state index in [9.17, 15) is 0 Å². The molecule has 76 valence electrons. The summed E-state index contributed by atoms with van der Waals surface area (Å²) in [5.74, 6) is 0. The summed E-state index contributed by atoms with van der Waals surface area (Å²) >= 11 is 5.80. The van der Waals surface area contributed by atoms with Crippen LogP contribution in [0.25, 0.3) is 0 Å². The summed E-state index contributed by atoms with van der Waals surface area (Å²) in [6, 6.07) is 8.47. The first kappa shape index (κ1) is 9.81. The molecule has 1 heterocycles. The largest absolute Gasteiger partial charge is 0.383 e. The predicted octanol–water partition coefficient (Wildman–Crippen LogP) is 2.50. The minimum absolute atomic E-state index is 0.630. The van der Waals surface area contributed by atoms with E-state index in [1.807, 2.05) is 24.3 Å². The minimum atomic E-state index is 0.630. The highest BCUT2D eigenvalue weighted by molar-refractivity contribution is 6.30. The Bertz CT molecular complexity index is 278. The van der Waals surface area contributed by atoms with Gasteiger partial charge in [0.25, 0.3) is 0 Å². The maximum Gasteiger partial charge on any atom is 0.0407 e. The first-order chi connectivity index (χ1) is 6.84. The normalized spacial score (nSPS) is 21.1. The number of anilines is 1. The molecule has 1 saturated heterocycles. The van der Waals surface area contributed by atoms with Crippen LogP contribution in [0.5, 0.6) is 0 Å². The second-order valence-corrected chi connectivity index (χ2v) is 4.12. The van der Waals surface area contributed by atoms with Gasteiger partial charge < -0.3 is 10.6 Å². The molecule has 0 radical (unpaired) electrons. The lowest BCUT2D eigenvalue weighted by atomic mass is 10.2. The SMILES string of the molecule is Clc1ccc(NC[C@@H]2CCCN2)cc1. The lowest BCUT2D eigenvalue weighted by molar-refractivity contribution is 0.633. The average Bonchev–Trinajstić information content (AvgIpc) is 2.70. The lowest BCUT2D eigenvalue weighted by Crippen LogP contribution is -2.29. The van der Waals surface area contributed by atoms with Crippen molar-refractivity contribution >= 4 is 17.3 Å². The molecule has 0 aromatic heterocycles. The number of hydrogen-bond donors (Lipinski definition) is 2. The van der Waals surface area contributed by atoms with Crippen molar-refractivity contribution < 1.29 is 0 Å². The average molecular weight is 211 g/mol. The third-order valence-electron chi connectivity index (χ3n) is 2.56. The van der Waals surface area contributed by atoms with E-state index in [4.69, 9.17) is 11.6 Å². The summed E-state index contributed by atoms with van der Waals surface area (Å²) in [6.45, 7) is 2.16. The van der Waals surface area contributed by atoms with Crippen molar-refractivity contribution in [2.24, 2.45) is 0 Å². The Morgan fingerprint density at radius 2 is 2.14 bits per heavy atom. The van der Waals surface area contributed by atoms with Crippen LogP contribution in [-0.2, 0) is 0 Å². The van der Waals surface area contributed by atoms with Gasteiger partial charge in [0.2, 0.25) is 0 Å². The molecule has 2 N–H and O–H groups in total. The molecule has 1 aliphatic heterocycles. The number of halogens is 1. The van der Waals surface area contributed by atoms with Gasteiger partial charge >= 0.3 is 0 Å². The van der Waals surface area contributed by atoms with Crippen LogP contribution < -0.4 is 10.6 Å². The van der Waals surface area contributed by atoms with E-state index in [2.05, 4.69) is 10.6 Å². The molecule has 3 heteroatoms. The van der Waals surface area contributed by atoms with Crippen molar-refractivity contribution in [2.75, 3.05) is 18.4 Å². The van der Waals surface area contributed by atoms with Crippen LogP contribution in [-0.4, -0.2) is 19.1 Å². The van der Waals surface area contributed by atoms with Gasteiger partial charge in [-0.2, -0.15) is 0 Å². The van der Waals surface area contributed by atoms with Crippen LogP contribution in [0.2, 0.25) is 5.02 Å². The molecule has 1 aromatic rings. The van der Waals surface area contributed by atoms with Gasteiger partial charge in [0.1, 0.15) is 0 Å². The highest BCUT2D eigenvalue weighted by atomic mass is 35.5. The number of rotatable bonds is 3. The number of benzene rings is 1. The molecule has 0 saturated carbocycles. The summed E-state index contributed by atoms with van der Waals surface area (Å²) in [6.07, 6.45) is 2.58.